The van der Waals surface area contributed by atoms with Gasteiger partial charge in [0.05, 0.1) is 50.1 Å². The van der Waals surface area contributed by atoms with E-state index in [4.69, 9.17) is 61.6 Å². The maximum absolute atomic E-state index is 15.4. The molecule has 10 aromatic carbocycles. The molecule has 2 aliphatic heterocycles. The number of phenols is 29. The molecule has 2 heterocycles. The first kappa shape index (κ1) is 94.0. The van der Waals surface area contributed by atoms with Crippen LogP contribution in [0.15, 0.2) is 115 Å². The fraction of sp³-hybridized carbons (Fsp3) is 0.146. The molecule has 0 bridgehead atoms. The van der Waals surface area contributed by atoms with Gasteiger partial charge in [0.25, 0.3) is 0 Å². The second kappa shape index (κ2) is 37.0. The first-order chi connectivity index (χ1) is 63.0. The minimum Gasteiger partial charge on any atom is -0.504 e. The Morgan fingerprint density at radius 3 is 0.649 bits per heavy atom. The van der Waals surface area contributed by atoms with Gasteiger partial charge in [-0.2, -0.15) is 0 Å². The molecule has 0 radical (unpaired) electrons. The van der Waals surface area contributed by atoms with Gasteiger partial charge in [-0.1, -0.05) is 0 Å². The van der Waals surface area contributed by atoms with Gasteiger partial charge < -0.3 is 210 Å². The van der Waals surface area contributed by atoms with Crippen LogP contribution in [-0.2, 0) is 56.8 Å². The number of aromatic hydroxyl groups is 29. The third-order valence-corrected chi connectivity index (χ3v) is 19.2. The molecule has 52 nitrogen and oxygen atoms in total. The van der Waals surface area contributed by atoms with Gasteiger partial charge in [0, 0.05) is 6.07 Å². The van der Waals surface area contributed by atoms with E-state index in [1.54, 1.807) is 0 Å². The molecule has 0 amide bonds. The zero-order chi connectivity index (χ0) is 98.3. The summed E-state index contributed by atoms with van der Waals surface area (Å²) >= 11 is 0. The average molecular weight is 1880 g/mol. The van der Waals surface area contributed by atoms with Crippen molar-refractivity contribution in [1.82, 2.24) is 0 Å². The summed E-state index contributed by atoms with van der Waals surface area (Å²) in [4.78, 5) is 145. The Bertz CT molecular complexity index is 6330. The molecule has 2 saturated heterocycles. The first-order valence-electron chi connectivity index (χ1n) is 36.8. The first-order valence-corrected chi connectivity index (χ1v) is 36.8. The van der Waals surface area contributed by atoms with E-state index in [1.807, 2.05) is 0 Å². The molecule has 29 N–H and O–H groups in total. The van der Waals surface area contributed by atoms with Crippen LogP contribution in [0, 0.1) is 0 Å². The Morgan fingerprint density at radius 2 is 0.396 bits per heavy atom. The van der Waals surface area contributed by atoms with Crippen molar-refractivity contribution in [3.8, 4) is 178 Å². The number of hydrogen-bond acceptors (Lipinski definition) is 52. The lowest BCUT2D eigenvalue weighted by Crippen LogP contribution is -2.63. The molecule has 2 fully saturated rings. The molecule has 10 aromatic rings. The van der Waals surface area contributed by atoms with Crippen molar-refractivity contribution in [1.29, 1.82) is 0 Å². The third-order valence-electron chi connectivity index (χ3n) is 19.2. The van der Waals surface area contributed by atoms with Crippen LogP contribution in [0.4, 0.5) is 0 Å². The van der Waals surface area contributed by atoms with Crippen molar-refractivity contribution < 1.29 is 258 Å². The van der Waals surface area contributed by atoms with Crippen molar-refractivity contribution in [2.45, 2.75) is 61.4 Å². The standard InChI is InChI=1S/C82H62O52/c83-32-1-22(2-33(84)53(32)101)71(112)122-20-51-65(127-73(114)24-5-36(87)55(103)37(88)6-24)67(129-75(116)26-9-40(91)57(105)41(92)10-26)69(131-77(118)28-13-44(95)59(107)45(96)14-28)81(125-51)133-79(120)30-17-48(99)61(109)50(18-30)124-64-31(19-49(100)62(110)63(64)111)80(121)134-82-70(132-78(119)29-15-46(97)60(108)47(98)16-29)68(130-76(117)27-11-42(93)58(106)43(94)12-27)66(128-74(115)25-7-38(89)56(104)39(90)8-25)52(126-82)21-123-72(113)23-3-34(85)54(102)35(86)4-23/h1-19,51-52,65-70,81-111H,20-21H2/t51-,52?,65?,66-,67-,68-,69+,70-,81+,82+/m0/s1. The van der Waals surface area contributed by atoms with E-state index in [1.165, 1.54) is 0 Å². The molecular weight excluding hydrogens is 1820 g/mol. The molecule has 0 saturated carbocycles. The van der Waals surface area contributed by atoms with E-state index in [0.717, 1.165) is 0 Å². The van der Waals surface area contributed by atoms with Crippen molar-refractivity contribution in [3.05, 3.63) is 171 Å². The number of rotatable bonds is 24. The summed E-state index contributed by atoms with van der Waals surface area (Å²) in [5.74, 6) is -61.2. The molecule has 2 unspecified atom stereocenters. The second-order valence-corrected chi connectivity index (χ2v) is 28.1. The summed E-state index contributed by atoms with van der Waals surface area (Å²) in [6, 6.07) is 7.19. The molecule has 0 spiro atoms. The van der Waals surface area contributed by atoms with Crippen molar-refractivity contribution in [2.24, 2.45) is 0 Å². The minimum atomic E-state index is -3.11. The van der Waals surface area contributed by atoms with E-state index in [9.17, 15) is 186 Å². The molecule has 2 aliphatic rings. The maximum atomic E-state index is 15.4. The number of hydrogen-bond donors (Lipinski definition) is 29. The Morgan fingerprint density at radius 1 is 0.201 bits per heavy atom. The lowest BCUT2D eigenvalue weighted by molar-refractivity contribution is -0.283. The van der Waals surface area contributed by atoms with E-state index in [0.29, 0.717) is 97.1 Å². The largest absolute Gasteiger partial charge is 0.504 e. The van der Waals surface area contributed by atoms with Crippen LogP contribution in [0.3, 0.4) is 0 Å². The molecule has 10 atom stereocenters. The number of carbonyl (C=O) groups is 10. The monoisotopic (exact) mass is 1880 g/mol. The van der Waals surface area contributed by atoms with Gasteiger partial charge >= 0.3 is 59.7 Å². The van der Waals surface area contributed by atoms with Crippen LogP contribution in [0.2, 0.25) is 0 Å². The summed E-state index contributed by atoms with van der Waals surface area (Å²) in [7, 11) is 0. The van der Waals surface area contributed by atoms with Crippen LogP contribution in [0.25, 0.3) is 0 Å². The summed E-state index contributed by atoms with van der Waals surface area (Å²) in [5, 5.41) is 306. The Hall–Kier alpha value is -19.2. The summed E-state index contributed by atoms with van der Waals surface area (Å²) < 4.78 is 73.8. The van der Waals surface area contributed by atoms with Crippen LogP contribution >= 0.6 is 0 Å². The van der Waals surface area contributed by atoms with Crippen LogP contribution in [-0.4, -0.2) is 282 Å². The predicted molar refractivity (Wildman–Crippen MR) is 417 cm³/mol. The minimum absolute atomic E-state index is 0.0951. The lowest BCUT2D eigenvalue weighted by Gasteiger charge is -2.44. The molecule has 134 heavy (non-hydrogen) atoms. The number of esters is 10. The van der Waals surface area contributed by atoms with Gasteiger partial charge in [-0.05, 0) is 109 Å². The third kappa shape index (κ3) is 19.2. The van der Waals surface area contributed by atoms with Gasteiger partial charge in [-0.25, -0.2) is 47.9 Å². The number of carbonyl (C=O) groups excluding carboxylic acids is 10. The zero-order valence-corrected chi connectivity index (χ0v) is 66.0. The van der Waals surface area contributed by atoms with Crippen molar-refractivity contribution >= 4 is 59.7 Å². The molecule has 702 valence electrons. The highest BCUT2D eigenvalue weighted by Crippen LogP contribution is 2.52. The van der Waals surface area contributed by atoms with E-state index < -0.39 is 368 Å². The SMILES string of the molecule is O=C(OCC1O[C@H](OC(=O)c2cc(O)c(O)c(O)c2Oc2cc(C(=O)O[C@H]3O[C@@H](COC(=O)c4cc(O)c(O)c(O)c4)C(OC(=O)c4cc(O)c(O)c(O)c4)[C@H](OC(=O)c4cc(O)c(O)c(O)c4)[C@H]3OC(=O)c3cc(O)c(O)c(O)c3)cc(O)c2O)[C@@H](OC(=O)c2cc(O)c(O)c(O)c2)[C@@H](OC(=O)c2cc(O)c(O)c(O)c2)[C@H]1OC(=O)c1cc(O)c(O)c(O)c1)c1cc(O)c(O)c(O)c1. The summed E-state index contributed by atoms with van der Waals surface area (Å²) in [6.45, 7) is -3.12. The number of phenolic OH excluding ortho intramolecular Hbond substituents is 29. The molecular formula is C82H62O52. The van der Waals surface area contributed by atoms with Gasteiger partial charge in [0.1, 0.15) is 31.0 Å². The molecule has 12 rings (SSSR count). The van der Waals surface area contributed by atoms with Crippen LogP contribution in [0.1, 0.15) is 104 Å². The van der Waals surface area contributed by atoms with Crippen molar-refractivity contribution in [3.63, 3.8) is 0 Å². The number of benzene rings is 10. The fourth-order valence-electron chi connectivity index (χ4n) is 12.6. The van der Waals surface area contributed by atoms with Gasteiger partial charge in [0.2, 0.25) is 42.0 Å². The molecule has 52 heteroatoms. The van der Waals surface area contributed by atoms with Crippen LogP contribution in [0.5, 0.6) is 178 Å². The van der Waals surface area contributed by atoms with Gasteiger partial charge in [-0.15, -0.1) is 0 Å². The predicted octanol–water partition coefficient (Wildman–Crippen LogP) is 3.77. The van der Waals surface area contributed by atoms with Crippen LogP contribution < -0.4 is 4.74 Å². The summed E-state index contributed by atoms with van der Waals surface area (Å²) in [5.41, 5.74) is -10.8. The second-order valence-electron chi connectivity index (χ2n) is 28.1. The summed E-state index contributed by atoms with van der Waals surface area (Å²) in [6.07, 6.45) is -28.6. The topological polar surface area (TPSA) is 877 Å². The van der Waals surface area contributed by atoms with E-state index in [2.05, 4.69) is 0 Å². The lowest BCUT2D eigenvalue weighted by atomic mass is 9.97. The normalized spacial score (nSPS) is 17.8. The smallest absolute Gasteiger partial charge is 0.344 e. The van der Waals surface area contributed by atoms with Crippen molar-refractivity contribution in [2.75, 3.05) is 13.2 Å². The molecule has 0 aromatic heterocycles. The van der Waals surface area contributed by atoms with Gasteiger partial charge in [0.15, 0.2) is 185 Å². The average Bonchev–Trinajstić information content (AvgIpc) is 0.765. The Kier molecular flexibility index (Phi) is 26.0. The van der Waals surface area contributed by atoms with E-state index >= 15 is 9.59 Å². The Balaban J connectivity index is 0.977. The quantitative estimate of drug-likeness (QED) is 0.0232. The number of ether oxygens (including phenoxy) is 13. The Labute approximate surface area is 738 Å². The van der Waals surface area contributed by atoms with Gasteiger partial charge in [-0.3, -0.25) is 0 Å². The fourth-order valence-corrected chi connectivity index (χ4v) is 12.6. The molecule has 0 aliphatic carbocycles. The van der Waals surface area contributed by atoms with E-state index in [-0.39, 0.29) is 18.2 Å². The highest BCUT2D eigenvalue weighted by Gasteiger charge is 2.58. The highest BCUT2D eigenvalue weighted by molar-refractivity contribution is 5.99. The zero-order valence-electron chi connectivity index (χ0n) is 66.0. The maximum Gasteiger partial charge on any atom is 0.344 e. The highest BCUT2D eigenvalue weighted by atomic mass is 16.8.